The number of fused-ring (bicyclic) bond motifs is 1. The first-order valence-electron chi connectivity index (χ1n) is 5.85. The van der Waals surface area contributed by atoms with Crippen molar-refractivity contribution in [2.75, 3.05) is 0 Å². The Morgan fingerprint density at radius 1 is 0.941 bits per heavy atom. The Kier molecular flexibility index (Phi) is 2.29. The largest absolute Gasteiger partial charge is 0.508 e. The van der Waals surface area contributed by atoms with Crippen molar-refractivity contribution in [3.8, 4) is 11.5 Å². The molecule has 17 heavy (non-hydrogen) atoms. The maximum absolute atomic E-state index is 9.92. The van der Waals surface area contributed by atoms with E-state index in [9.17, 15) is 10.2 Å². The smallest absolute Gasteiger partial charge is 0.123 e. The first kappa shape index (κ1) is 10.2. The molecule has 1 aliphatic carbocycles. The molecule has 2 aromatic carbocycles. The normalized spacial score (nSPS) is 18.0. The third-order valence-electron chi connectivity index (χ3n) is 3.52. The predicted octanol–water partition coefficient (Wildman–Crippen LogP) is 3.18. The van der Waals surface area contributed by atoms with Crippen molar-refractivity contribution in [3.63, 3.8) is 0 Å². The van der Waals surface area contributed by atoms with Gasteiger partial charge in [-0.1, -0.05) is 30.3 Å². The molecule has 0 aliphatic heterocycles. The fourth-order valence-corrected chi connectivity index (χ4v) is 2.71. The molecular formula is C15H14O2. The molecule has 1 unspecified atom stereocenters. The maximum atomic E-state index is 9.92. The molecule has 0 saturated carbocycles. The minimum Gasteiger partial charge on any atom is -0.508 e. The minimum atomic E-state index is 0.109. The Labute approximate surface area is 100 Å². The van der Waals surface area contributed by atoms with Crippen LogP contribution in [-0.2, 0) is 6.42 Å². The molecule has 1 atom stereocenters. The summed E-state index contributed by atoms with van der Waals surface area (Å²) in [5.41, 5.74) is 3.58. The number of aryl methyl sites for hydroxylation is 1. The zero-order valence-electron chi connectivity index (χ0n) is 9.43. The molecule has 2 heteroatoms. The molecule has 0 spiro atoms. The highest BCUT2D eigenvalue weighted by atomic mass is 16.3. The Morgan fingerprint density at radius 2 is 1.76 bits per heavy atom. The lowest BCUT2D eigenvalue weighted by Crippen LogP contribution is -1.96. The standard InChI is InChI=1S/C15H14O2/c16-11-6-8-14(15(17)9-11)13-7-5-10-3-1-2-4-12(10)13/h1-4,6,8-9,13,16-17H,5,7H2. The van der Waals surface area contributed by atoms with E-state index in [4.69, 9.17) is 0 Å². The summed E-state index contributed by atoms with van der Waals surface area (Å²) >= 11 is 0. The van der Waals surface area contributed by atoms with E-state index < -0.39 is 0 Å². The number of hydrogen-bond donors (Lipinski definition) is 2. The lowest BCUT2D eigenvalue weighted by Gasteiger charge is -2.13. The molecular weight excluding hydrogens is 212 g/mol. The van der Waals surface area contributed by atoms with Crippen molar-refractivity contribution in [2.45, 2.75) is 18.8 Å². The summed E-state index contributed by atoms with van der Waals surface area (Å²) < 4.78 is 0. The fraction of sp³-hybridized carbons (Fsp3) is 0.200. The van der Waals surface area contributed by atoms with Crippen LogP contribution in [0, 0.1) is 0 Å². The molecule has 0 fully saturated rings. The number of benzene rings is 2. The number of hydrogen-bond acceptors (Lipinski definition) is 2. The van der Waals surface area contributed by atoms with Crippen molar-refractivity contribution in [1.29, 1.82) is 0 Å². The monoisotopic (exact) mass is 226 g/mol. The maximum Gasteiger partial charge on any atom is 0.123 e. The average Bonchev–Trinajstić information content (AvgIpc) is 2.73. The summed E-state index contributed by atoms with van der Waals surface area (Å²) in [6, 6.07) is 13.2. The van der Waals surface area contributed by atoms with Gasteiger partial charge in [-0.15, -0.1) is 0 Å². The zero-order valence-corrected chi connectivity index (χ0v) is 9.43. The second kappa shape index (κ2) is 3.81. The van der Waals surface area contributed by atoms with Crippen LogP contribution >= 0.6 is 0 Å². The quantitative estimate of drug-likeness (QED) is 0.784. The Morgan fingerprint density at radius 3 is 2.59 bits per heavy atom. The van der Waals surface area contributed by atoms with Gasteiger partial charge in [0.15, 0.2) is 0 Å². The van der Waals surface area contributed by atoms with Gasteiger partial charge < -0.3 is 10.2 Å². The van der Waals surface area contributed by atoms with E-state index in [0.717, 1.165) is 18.4 Å². The third kappa shape index (κ3) is 1.66. The molecule has 3 rings (SSSR count). The molecule has 0 heterocycles. The van der Waals surface area contributed by atoms with Crippen LogP contribution in [0.2, 0.25) is 0 Å². The molecule has 2 aromatic rings. The van der Waals surface area contributed by atoms with Crippen LogP contribution in [0.25, 0.3) is 0 Å². The SMILES string of the molecule is Oc1ccc(C2CCc3ccccc32)c(O)c1. The van der Waals surface area contributed by atoms with E-state index in [2.05, 4.69) is 18.2 Å². The minimum absolute atomic E-state index is 0.109. The summed E-state index contributed by atoms with van der Waals surface area (Å²) in [6.07, 6.45) is 2.08. The highest BCUT2D eigenvalue weighted by Gasteiger charge is 2.25. The van der Waals surface area contributed by atoms with Gasteiger partial charge in [-0.2, -0.15) is 0 Å². The lowest BCUT2D eigenvalue weighted by molar-refractivity contribution is 0.443. The molecule has 0 amide bonds. The Balaban J connectivity index is 2.07. The van der Waals surface area contributed by atoms with Crippen LogP contribution in [0.5, 0.6) is 11.5 Å². The van der Waals surface area contributed by atoms with Crippen molar-refractivity contribution in [1.82, 2.24) is 0 Å². The lowest BCUT2D eigenvalue weighted by atomic mass is 9.92. The van der Waals surface area contributed by atoms with Crippen LogP contribution in [0.4, 0.5) is 0 Å². The van der Waals surface area contributed by atoms with Crippen molar-refractivity contribution >= 4 is 0 Å². The van der Waals surface area contributed by atoms with E-state index in [1.807, 2.05) is 12.1 Å². The van der Waals surface area contributed by atoms with E-state index >= 15 is 0 Å². The van der Waals surface area contributed by atoms with Gasteiger partial charge in [0, 0.05) is 17.5 Å². The van der Waals surface area contributed by atoms with Gasteiger partial charge in [0.05, 0.1) is 0 Å². The number of phenolic OH excluding ortho intramolecular Hbond substituents is 2. The second-order valence-electron chi connectivity index (χ2n) is 4.53. The topological polar surface area (TPSA) is 40.5 Å². The van der Waals surface area contributed by atoms with E-state index in [0.29, 0.717) is 0 Å². The summed E-state index contributed by atoms with van der Waals surface area (Å²) in [4.78, 5) is 0. The fourth-order valence-electron chi connectivity index (χ4n) is 2.71. The summed E-state index contributed by atoms with van der Waals surface area (Å²) in [5, 5.41) is 19.2. The van der Waals surface area contributed by atoms with Crippen LogP contribution < -0.4 is 0 Å². The number of rotatable bonds is 1. The van der Waals surface area contributed by atoms with Crippen LogP contribution in [0.3, 0.4) is 0 Å². The third-order valence-corrected chi connectivity index (χ3v) is 3.52. The van der Waals surface area contributed by atoms with Crippen molar-refractivity contribution < 1.29 is 10.2 Å². The van der Waals surface area contributed by atoms with Crippen molar-refractivity contribution in [2.24, 2.45) is 0 Å². The van der Waals surface area contributed by atoms with Crippen LogP contribution in [0.15, 0.2) is 42.5 Å². The summed E-state index contributed by atoms with van der Waals surface area (Å²) in [7, 11) is 0. The molecule has 2 nitrogen and oxygen atoms in total. The molecule has 2 N–H and O–H groups in total. The molecule has 0 aromatic heterocycles. The molecule has 1 aliphatic rings. The number of aromatic hydroxyl groups is 2. The molecule has 86 valence electrons. The first-order chi connectivity index (χ1) is 8.25. The van der Waals surface area contributed by atoms with Crippen molar-refractivity contribution in [3.05, 3.63) is 59.2 Å². The van der Waals surface area contributed by atoms with E-state index in [1.54, 1.807) is 6.07 Å². The highest BCUT2D eigenvalue weighted by Crippen LogP contribution is 2.41. The molecule has 0 radical (unpaired) electrons. The predicted molar refractivity (Wildman–Crippen MR) is 66.4 cm³/mol. The zero-order chi connectivity index (χ0) is 11.8. The second-order valence-corrected chi connectivity index (χ2v) is 4.53. The number of phenols is 2. The van der Waals surface area contributed by atoms with Crippen LogP contribution in [0.1, 0.15) is 29.0 Å². The van der Waals surface area contributed by atoms with Gasteiger partial charge in [0.25, 0.3) is 0 Å². The highest BCUT2D eigenvalue weighted by molar-refractivity contribution is 5.49. The summed E-state index contributed by atoms with van der Waals surface area (Å²) in [5.74, 6) is 0.552. The Bertz CT molecular complexity index is 561. The van der Waals surface area contributed by atoms with Gasteiger partial charge in [0.1, 0.15) is 11.5 Å². The van der Waals surface area contributed by atoms with Gasteiger partial charge in [-0.3, -0.25) is 0 Å². The Hall–Kier alpha value is -1.96. The van der Waals surface area contributed by atoms with Gasteiger partial charge >= 0.3 is 0 Å². The van der Waals surface area contributed by atoms with Gasteiger partial charge in [-0.05, 0) is 30.0 Å². The molecule has 0 bridgehead atoms. The van der Waals surface area contributed by atoms with Gasteiger partial charge in [0.2, 0.25) is 0 Å². The van der Waals surface area contributed by atoms with Gasteiger partial charge in [-0.25, -0.2) is 0 Å². The van der Waals surface area contributed by atoms with E-state index in [-0.39, 0.29) is 17.4 Å². The average molecular weight is 226 g/mol. The molecule has 0 saturated heterocycles. The van der Waals surface area contributed by atoms with E-state index in [1.165, 1.54) is 17.2 Å². The van der Waals surface area contributed by atoms with Crippen LogP contribution in [-0.4, -0.2) is 10.2 Å². The summed E-state index contributed by atoms with van der Waals surface area (Å²) in [6.45, 7) is 0. The first-order valence-corrected chi connectivity index (χ1v) is 5.85.